The van der Waals surface area contributed by atoms with E-state index in [-0.39, 0.29) is 5.75 Å². The second-order valence-electron chi connectivity index (χ2n) is 8.26. The van der Waals surface area contributed by atoms with Gasteiger partial charge in [-0.1, -0.05) is 13.0 Å². The molecule has 27 heavy (non-hydrogen) atoms. The molecule has 0 aromatic heterocycles. The number of anilines is 1. The van der Waals surface area contributed by atoms with E-state index in [4.69, 9.17) is 0 Å². The molecule has 0 unspecified atom stereocenters. The van der Waals surface area contributed by atoms with Crippen LogP contribution in [0.25, 0.3) is 0 Å². The van der Waals surface area contributed by atoms with Crippen molar-refractivity contribution < 1.29 is 8.42 Å². The first kappa shape index (κ1) is 20.6. The van der Waals surface area contributed by atoms with Crippen LogP contribution in [0.3, 0.4) is 0 Å². The zero-order valence-corrected chi connectivity index (χ0v) is 17.9. The molecule has 0 amide bonds. The molecule has 0 bridgehead atoms. The first-order valence-electron chi connectivity index (χ1n) is 10.4. The highest BCUT2D eigenvalue weighted by Crippen LogP contribution is 2.26. The van der Waals surface area contributed by atoms with Gasteiger partial charge in [-0.15, -0.1) is 0 Å². The second kappa shape index (κ2) is 8.93. The summed E-state index contributed by atoms with van der Waals surface area (Å²) in [7, 11) is -3.14. The lowest BCUT2D eigenvalue weighted by atomic mass is 9.95. The molecule has 2 heterocycles. The van der Waals surface area contributed by atoms with Crippen LogP contribution in [0, 0.1) is 5.92 Å². The quantitative estimate of drug-likeness (QED) is 0.744. The number of piperidine rings is 1. The van der Waals surface area contributed by atoms with Gasteiger partial charge in [0.15, 0.2) is 9.84 Å². The minimum atomic E-state index is -3.14. The Morgan fingerprint density at radius 1 is 1.04 bits per heavy atom. The molecule has 2 aliphatic rings. The van der Waals surface area contributed by atoms with Gasteiger partial charge in [-0.2, -0.15) is 0 Å². The molecule has 2 fully saturated rings. The molecule has 6 heteroatoms. The molecule has 0 radical (unpaired) electrons. The normalized spacial score (nSPS) is 21.1. The van der Waals surface area contributed by atoms with Crippen molar-refractivity contribution in [2.24, 2.45) is 5.92 Å². The third-order valence-corrected chi connectivity index (χ3v) is 7.92. The van der Waals surface area contributed by atoms with Crippen LogP contribution in [0.2, 0.25) is 0 Å². The van der Waals surface area contributed by atoms with Crippen LogP contribution in [-0.2, 0) is 9.84 Å². The molecule has 2 aliphatic heterocycles. The van der Waals surface area contributed by atoms with E-state index in [1.165, 1.54) is 45.6 Å². The average Bonchev–Trinajstić information content (AvgIpc) is 2.69. The molecule has 0 spiro atoms. The van der Waals surface area contributed by atoms with Crippen molar-refractivity contribution in [3.8, 4) is 0 Å². The Balaban J connectivity index is 1.50. The molecule has 1 aromatic carbocycles. The maximum Gasteiger partial charge on any atom is 0.178 e. The Kier molecular flexibility index (Phi) is 6.82. The zero-order valence-electron chi connectivity index (χ0n) is 17.1. The van der Waals surface area contributed by atoms with Crippen molar-refractivity contribution in [3.63, 3.8) is 0 Å². The fourth-order valence-corrected chi connectivity index (χ4v) is 5.16. The number of sulfone groups is 1. The average molecular weight is 394 g/mol. The standard InChI is InChI=1S/C21H35N3O2S/c1-4-27(25,26)21-7-5-6-20(16-21)24-10-8-19(9-11-24)17-22-12-14-23(15-13-22)18(2)3/h5-7,16,18-19H,4,8-15,17H2,1-3H3. The van der Waals surface area contributed by atoms with Crippen LogP contribution >= 0.6 is 0 Å². The van der Waals surface area contributed by atoms with Crippen LogP contribution in [0.5, 0.6) is 0 Å². The molecule has 2 saturated heterocycles. The Bertz CT molecular complexity index is 704. The number of rotatable bonds is 6. The third kappa shape index (κ3) is 5.24. The Labute approximate surface area is 165 Å². The minimum absolute atomic E-state index is 0.155. The highest BCUT2D eigenvalue weighted by atomic mass is 32.2. The van der Waals surface area contributed by atoms with Crippen LogP contribution < -0.4 is 4.90 Å². The Morgan fingerprint density at radius 3 is 2.30 bits per heavy atom. The summed E-state index contributed by atoms with van der Waals surface area (Å²) in [6.07, 6.45) is 2.38. The van der Waals surface area contributed by atoms with E-state index >= 15 is 0 Å². The van der Waals surface area contributed by atoms with Gasteiger partial charge in [0.25, 0.3) is 0 Å². The van der Waals surface area contributed by atoms with Gasteiger partial charge in [-0.3, -0.25) is 4.90 Å². The molecule has 0 aliphatic carbocycles. The van der Waals surface area contributed by atoms with Crippen molar-refractivity contribution >= 4 is 15.5 Å². The summed E-state index contributed by atoms with van der Waals surface area (Å²) in [6.45, 7) is 14.3. The molecule has 5 nitrogen and oxygen atoms in total. The molecular weight excluding hydrogens is 358 g/mol. The SMILES string of the molecule is CCS(=O)(=O)c1cccc(N2CCC(CN3CCN(C(C)C)CC3)CC2)c1. The molecule has 152 valence electrons. The van der Waals surface area contributed by atoms with E-state index in [9.17, 15) is 8.42 Å². The van der Waals surface area contributed by atoms with Crippen molar-refractivity contribution in [2.75, 3.05) is 56.5 Å². The summed E-state index contributed by atoms with van der Waals surface area (Å²) in [5, 5.41) is 0. The van der Waals surface area contributed by atoms with Gasteiger partial charge in [-0.25, -0.2) is 8.42 Å². The monoisotopic (exact) mass is 393 g/mol. The first-order valence-corrected chi connectivity index (χ1v) is 12.1. The summed E-state index contributed by atoms with van der Waals surface area (Å²) < 4.78 is 24.3. The topological polar surface area (TPSA) is 43.9 Å². The van der Waals surface area contributed by atoms with Crippen molar-refractivity contribution in [1.82, 2.24) is 9.80 Å². The number of hydrogen-bond acceptors (Lipinski definition) is 5. The van der Waals surface area contributed by atoms with Gasteiger partial charge >= 0.3 is 0 Å². The highest BCUT2D eigenvalue weighted by Gasteiger charge is 2.25. The molecule has 0 atom stereocenters. The number of piperazine rings is 1. The summed E-state index contributed by atoms with van der Waals surface area (Å²) >= 11 is 0. The first-order chi connectivity index (χ1) is 12.9. The number of benzene rings is 1. The van der Waals surface area contributed by atoms with Crippen molar-refractivity contribution in [3.05, 3.63) is 24.3 Å². The van der Waals surface area contributed by atoms with Crippen molar-refractivity contribution in [1.29, 1.82) is 0 Å². The van der Waals surface area contributed by atoms with E-state index < -0.39 is 9.84 Å². The second-order valence-corrected chi connectivity index (χ2v) is 10.5. The van der Waals surface area contributed by atoms with Gasteiger partial charge in [0, 0.05) is 57.5 Å². The Hall–Kier alpha value is -1.11. The van der Waals surface area contributed by atoms with Gasteiger partial charge < -0.3 is 9.80 Å². The molecule has 3 rings (SSSR count). The van der Waals surface area contributed by atoms with E-state index in [0.29, 0.717) is 10.9 Å². The largest absolute Gasteiger partial charge is 0.371 e. The van der Waals surface area contributed by atoms with Crippen LogP contribution in [0.4, 0.5) is 5.69 Å². The van der Waals surface area contributed by atoms with E-state index in [1.54, 1.807) is 13.0 Å². The zero-order chi connectivity index (χ0) is 19.4. The van der Waals surface area contributed by atoms with Crippen LogP contribution in [0.15, 0.2) is 29.2 Å². The molecule has 0 saturated carbocycles. The fourth-order valence-electron chi connectivity index (χ4n) is 4.24. The predicted molar refractivity (Wildman–Crippen MR) is 112 cm³/mol. The third-order valence-electron chi connectivity index (χ3n) is 6.19. The van der Waals surface area contributed by atoms with E-state index in [2.05, 4.69) is 28.5 Å². The fraction of sp³-hybridized carbons (Fsp3) is 0.714. The molecular formula is C21H35N3O2S. The van der Waals surface area contributed by atoms with Gasteiger partial charge in [-0.05, 0) is 50.8 Å². The van der Waals surface area contributed by atoms with Crippen molar-refractivity contribution in [2.45, 2.75) is 44.6 Å². The van der Waals surface area contributed by atoms with Gasteiger partial charge in [0.05, 0.1) is 10.6 Å². The van der Waals surface area contributed by atoms with Crippen LogP contribution in [0.1, 0.15) is 33.6 Å². The minimum Gasteiger partial charge on any atom is -0.371 e. The Morgan fingerprint density at radius 2 is 1.70 bits per heavy atom. The highest BCUT2D eigenvalue weighted by molar-refractivity contribution is 7.91. The summed E-state index contributed by atoms with van der Waals surface area (Å²) in [4.78, 5) is 8.00. The lowest BCUT2D eigenvalue weighted by molar-refractivity contribution is 0.0931. The summed E-state index contributed by atoms with van der Waals surface area (Å²) in [6, 6.07) is 8.14. The van der Waals surface area contributed by atoms with Gasteiger partial charge in [0.1, 0.15) is 0 Å². The molecule has 1 aromatic rings. The maximum absolute atomic E-state index is 12.1. The van der Waals surface area contributed by atoms with Gasteiger partial charge in [0.2, 0.25) is 0 Å². The lowest BCUT2D eigenvalue weighted by Gasteiger charge is -2.40. The van der Waals surface area contributed by atoms with E-state index in [0.717, 1.165) is 24.7 Å². The number of hydrogen-bond donors (Lipinski definition) is 0. The smallest absolute Gasteiger partial charge is 0.178 e. The van der Waals surface area contributed by atoms with E-state index in [1.807, 2.05) is 18.2 Å². The maximum atomic E-state index is 12.1. The predicted octanol–water partition coefficient (Wildman–Crippen LogP) is 2.72. The summed E-state index contributed by atoms with van der Waals surface area (Å²) in [5.74, 6) is 0.914. The van der Waals surface area contributed by atoms with Crippen LogP contribution in [-0.4, -0.2) is 75.8 Å². The number of nitrogens with zero attached hydrogens (tertiary/aromatic N) is 3. The lowest BCUT2D eigenvalue weighted by Crippen LogP contribution is -2.50. The summed E-state index contributed by atoms with van der Waals surface area (Å²) in [5.41, 5.74) is 1.05. The molecule has 0 N–H and O–H groups in total.